The summed E-state index contributed by atoms with van der Waals surface area (Å²) in [6.45, 7) is 2.52. The normalized spacial score (nSPS) is 18.6. The molecule has 2 aromatic heterocycles. The minimum absolute atomic E-state index is 0.0227. The average molecular weight is 319 g/mol. The molecule has 1 aliphatic rings. The fourth-order valence-electron chi connectivity index (χ4n) is 2.69. The maximum atomic E-state index is 12.7. The number of hydrogen-bond donors (Lipinski definition) is 1. The summed E-state index contributed by atoms with van der Waals surface area (Å²) in [4.78, 5) is 29.7. The summed E-state index contributed by atoms with van der Waals surface area (Å²) < 4.78 is 1.87. The third kappa shape index (κ3) is 2.81. The number of carbonyl (C=O) groups is 2. The fourth-order valence-corrected chi connectivity index (χ4v) is 3.75. The summed E-state index contributed by atoms with van der Waals surface area (Å²) >= 11 is 1.69. The molecule has 1 atom stereocenters. The lowest BCUT2D eigenvalue weighted by Crippen LogP contribution is -2.47. The van der Waals surface area contributed by atoms with Crippen molar-refractivity contribution in [1.82, 2.24) is 14.3 Å². The number of thioether (sulfide) groups is 1. The van der Waals surface area contributed by atoms with Crippen molar-refractivity contribution < 1.29 is 14.7 Å². The van der Waals surface area contributed by atoms with Crippen molar-refractivity contribution in [3.8, 4) is 0 Å². The lowest BCUT2D eigenvalue weighted by atomic mass is 10.2. The van der Waals surface area contributed by atoms with Crippen LogP contribution in [-0.4, -0.2) is 55.4 Å². The van der Waals surface area contributed by atoms with E-state index in [-0.39, 0.29) is 18.4 Å². The monoisotopic (exact) mass is 319 g/mol. The summed E-state index contributed by atoms with van der Waals surface area (Å²) in [6.07, 6.45) is 1.71. The number of aromatic nitrogens is 2. The number of imidazole rings is 1. The van der Waals surface area contributed by atoms with Gasteiger partial charge >= 0.3 is 5.97 Å². The number of hydrogen-bond acceptors (Lipinski definition) is 4. The predicted molar refractivity (Wildman–Crippen MR) is 84.3 cm³/mol. The van der Waals surface area contributed by atoms with Crippen molar-refractivity contribution in [3.63, 3.8) is 0 Å². The maximum absolute atomic E-state index is 12.7. The Kier molecular flexibility index (Phi) is 4.06. The van der Waals surface area contributed by atoms with Gasteiger partial charge in [-0.2, -0.15) is 11.8 Å². The first-order valence-electron chi connectivity index (χ1n) is 7.11. The first kappa shape index (κ1) is 14.9. The Morgan fingerprint density at radius 3 is 3.00 bits per heavy atom. The van der Waals surface area contributed by atoms with Crippen molar-refractivity contribution in [2.45, 2.75) is 19.4 Å². The van der Waals surface area contributed by atoms with Crippen LogP contribution >= 0.6 is 11.8 Å². The largest absolute Gasteiger partial charge is 0.481 e. The van der Waals surface area contributed by atoms with Crippen LogP contribution in [0.3, 0.4) is 0 Å². The van der Waals surface area contributed by atoms with E-state index in [1.807, 2.05) is 29.5 Å². The van der Waals surface area contributed by atoms with E-state index < -0.39 is 5.97 Å². The summed E-state index contributed by atoms with van der Waals surface area (Å²) in [5.41, 5.74) is 2.10. The molecule has 3 rings (SSSR count). The van der Waals surface area contributed by atoms with E-state index >= 15 is 0 Å². The van der Waals surface area contributed by atoms with Crippen LogP contribution in [0.2, 0.25) is 0 Å². The van der Waals surface area contributed by atoms with Crippen LogP contribution in [0, 0.1) is 6.92 Å². The highest BCUT2D eigenvalue weighted by Crippen LogP contribution is 2.21. The van der Waals surface area contributed by atoms with Gasteiger partial charge in [0.25, 0.3) is 5.91 Å². The van der Waals surface area contributed by atoms with Crippen LogP contribution in [0.1, 0.15) is 22.6 Å². The molecule has 1 fully saturated rings. The highest BCUT2D eigenvalue weighted by Gasteiger charge is 2.30. The number of aliphatic carboxylic acids is 1. The maximum Gasteiger partial charge on any atom is 0.305 e. The smallest absolute Gasteiger partial charge is 0.305 e. The van der Waals surface area contributed by atoms with Gasteiger partial charge in [0, 0.05) is 29.9 Å². The summed E-state index contributed by atoms with van der Waals surface area (Å²) in [6, 6.07) is 5.43. The van der Waals surface area contributed by atoms with Gasteiger partial charge in [-0.25, -0.2) is 4.98 Å². The quantitative estimate of drug-likeness (QED) is 0.931. The molecule has 0 aromatic carbocycles. The van der Waals surface area contributed by atoms with Crippen LogP contribution in [0.15, 0.2) is 24.4 Å². The molecular weight excluding hydrogens is 302 g/mol. The zero-order valence-corrected chi connectivity index (χ0v) is 13.0. The van der Waals surface area contributed by atoms with Gasteiger partial charge in [-0.15, -0.1) is 0 Å². The number of amides is 1. The number of aryl methyl sites for hydroxylation is 1. The van der Waals surface area contributed by atoms with Gasteiger partial charge in [-0.1, -0.05) is 6.07 Å². The Morgan fingerprint density at radius 2 is 2.27 bits per heavy atom. The molecule has 1 amide bonds. The van der Waals surface area contributed by atoms with Gasteiger partial charge in [-0.05, 0) is 19.1 Å². The number of carboxylic acids is 1. The van der Waals surface area contributed by atoms with E-state index in [1.165, 1.54) is 0 Å². The van der Waals surface area contributed by atoms with Crippen molar-refractivity contribution >= 4 is 29.3 Å². The minimum atomic E-state index is -0.879. The Morgan fingerprint density at radius 1 is 1.45 bits per heavy atom. The lowest BCUT2D eigenvalue weighted by molar-refractivity contribution is -0.138. The van der Waals surface area contributed by atoms with E-state index in [1.54, 1.807) is 22.9 Å². The minimum Gasteiger partial charge on any atom is -0.481 e. The second-order valence-corrected chi connectivity index (χ2v) is 6.50. The molecule has 1 saturated heterocycles. The number of carbonyl (C=O) groups excluding carboxylic acids is 1. The van der Waals surface area contributed by atoms with Gasteiger partial charge < -0.3 is 14.4 Å². The second kappa shape index (κ2) is 6.00. The molecule has 116 valence electrons. The Labute approximate surface area is 132 Å². The van der Waals surface area contributed by atoms with Crippen LogP contribution in [0.5, 0.6) is 0 Å². The highest BCUT2D eigenvalue weighted by molar-refractivity contribution is 7.99. The zero-order chi connectivity index (χ0) is 15.7. The van der Waals surface area contributed by atoms with E-state index in [2.05, 4.69) is 4.98 Å². The van der Waals surface area contributed by atoms with E-state index in [0.29, 0.717) is 18.0 Å². The molecule has 0 radical (unpaired) electrons. The van der Waals surface area contributed by atoms with E-state index in [0.717, 1.165) is 17.1 Å². The first-order valence-corrected chi connectivity index (χ1v) is 8.27. The average Bonchev–Trinajstić information content (AvgIpc) is 2.92. The number of nitrogens with zero attached hydrogens (tertiary/aromatic N) is 3. The third-order valence-electron chi connectivity index (χ3n) is 3.81. The summed E-state index contributed by atoms with van der Waals surface area (Å²) in [5.74, 6) is 0.421. The Hall–Kier alpha value is -2.02. The number of rotatable bonds is 3. The van der Waals surface area contributed by atoms with Gasteiger partial charge in [-0.3, -0.25) is 9.59 Å². The number of carboxylic acid groups (broad SMARTS) is 1. The summed E-state index contributed by atoms with van der Waals surface area (Å²) in [5, 5.41) is 9.02. The molecule has 0 aliphatic carbocycles. The topological polar surface area (TPSA) is 74.9 Å². The van der Waals surface area contributed by atoms with Gasteiger partial charge in [0.05, 0.1) is 12.5 Å². The van der Waals surface area contributed by atoms with Crippen molar-refractivity contribution in [2.24, 2.45) is 0 Å². The third-order valence-corrected chi connectivity index (χ3v) is 4.91. The van der Waals surface area contributed by atoms with Crippen LogP contribution in [-0.2, 0) is 4.79 Å². The molecule has 3 heterocycles. The molecule has 6 nitrogen and oxygen atoms in total. The molecule has 0 bridgehead atoms. The highest BCUT2D eigenvalue weighted by atomic mass is 32.2. The lowest BCUT2D eigenvalue weighted by Gasteiger charge is -2.34. The Balaban J connectivity index is 1.89. The zero-order valence-electron chi connectivity index (χ0n) is 12.2. The molecule has 2 aromatic rings. The second-order valence-electron chi connectivity index (χ2n) is 5.35. The molecular formula is C15H17N3O3S. The predicted octanol–water partition coefficient (Wildman–Crippen LogP) is 1.68. The van der Waals surface area contributed by atoms with Gasteiger partial charge in [0.1, 0.15) is 11.3 Å². The number of pyridine rings is 1. The van der Waals surface area contributed by atoms with Crippen molar-refractivity contribution in [2.75, 3.05) is 18.1 Å². The molecule has 7 heteroatoms. The van der Waals surface area contributed by atoms with Crippen LogP contribution in [0.25, 0.3) is 5.65 Å². The molecule has 0 saturated carbocycles. The van der Waals surface area contributed by atoms with Crippen LogP contribution in [0.4, 0.5) is 0 Å². The molecule has 0 spiro atoms. The van der Waals surface area contributed by atoms with Gasteiger partial charge in [0.2, 0.25) is 0 Å². The molecule has 1 N–H and O–H groups in total. The number of fused-ring (bicyclic) bond motifs is 1. The fraction of sp³-hybridized carbons (Fsp3) is 0.400. The molecule has 1 unspecified atom stereocenters. The molecule has 1 aliphatic heterocycles. The van der Waals surface area contributed by atoms with Crippen molar-refractivity contribution in [1.29, 1.82) is 0 Å². The van der Waals surface area contributed by atoms with Crippen LogP contribution < -0.4 is 0 Å². The van der Waals surface area contributed by atoms with E-state index in [9.17, 15) is 9.59 Å². The van der Waals surface area contributed by atoms with E-state index in [4.69, 9.17) is 5.11 Å². The summed E-state index contributed by atoms with van der Waals surface area (Å²) in [7, 11) is 0. The SMILES string of the molecule is Cc1cccc2nc(C(=O)N3CCSCC3CC(=O)O)cn12. The van der Waals surface area contributed by atoms with Crippen molar-refractivity contribution in [3.05, 3.63) is 35.8 Å². The standard InChI is InChI=1S/C15H17N3O3S/c1-10-3-2-4-13-16-12(8-18(10)13)15(21)17-5-6-22-9-11(17)7-14(19)20/h2-4,8,11H,5-7,9H2,1H3,(H,19,20). The Bertz CT molecular complexity index is 728. The molecule has 22 heavy (non-hydrogen) atoms. The van der Waals surface area contributed by atoms with Gasteiger partial charge in [0.15, 0.2) is 0 Å². The first-order chi connectivity index (χ1) is 10.6.